The van der Waals surface area contributed by atoms with Crippen molar-refractivity contribution in [2.45, 2.75) is 453 Å². The average Bonchev–Trinajstić information content (AvgIpc) is 0.738. The van der Waals surface area contributed by atoms with Gasteiger partial charge in [-0.1, -0.05) is 192 Å². The minimum Gasteiger partial charge on any atom is -0.477 e. The highest BCUT2D eigenvalue weighted by atomic mass is 16.8. The molecule has 6 heterocycles. The largest absolute Gasteiger partial charge is 0.477 e. The van der Waals surface area contributed by atoms with E-state index >= 15 is 0 Å². The summed E-state index contributed by atoms with van der Waals surface area (Å²) in [5.74, 6) is -15.0. The Bertz CT molecular complexity index is 3380. The van der Waals surface area contributed by atoms with Crippen molar-refractivity contribution in [2.75, 3.05) is 52.9 Å². The Hall–Kier alpha value is -4.98. The minimum absolute atomic E-state index is 0.0873. The van der Waals surface area contributed by atoms with Crippen LogP contribution in [-0.2, 0) is 85.6 Å². The Kier molecular flexibility index (Phi) is 54.2. The fraction of sp³-hybridized carbons (Fsp3) is 0.889. The van der Waals surface area contributed by atoms with Crippen LogP contribution in [0.2, 0.25) is 0 Å². The number of aliphatic hydroxyl groups excluding tert-OH is 20. The molecule has 0 aromatic carbocycles. The molecule has 26 N–H and O–H groups in total. The van der Waals surface area contributed by atoms with Crippen LogP contribution in [0.15, 0.2) is 24.3 Å². The number of allylic oxidation sites excluding steroid dienone is 3. The molecule has 6 aliphatic heterocycles. The monoisotopic (exact) mass is 1940 g/mol. The number of aliphatic carboxylic acids is 2. The Morgan fingerprint density at radius 2 is 0.769 bits per heavy atom. The summed E-state index contributed by atoms with van der Waals surface area (Å²) >= 11 is 0. The first-order valence-electron chi connectivity index (χ1n) is 48.0. The molecule has 12 unspecified atom stereocenters. The van der Waals surface area contributed by atoms with Gasteiger partial charge in [-0.2, -0.15) is 0 Å². The Labute approximate surface area is 782 Å². The molecule has 778 valence electrons. The topological polar surface area (TPSA) is 706 Å². The third-order valence-electron chi connectivity index (χ3n) is 25.3. The Balaban J connectivity index is 1.26. The molecule has 134 heavy (non-hydrogen) atoms. The molecule has 4 amide bonds. The van der Waals surface area contributed by atoms with E-state index in [1.54, 1.807) is 6.08 Å². The van der Waals surface area contributed by atoms with E-state index in [4.69, 9.17) is 56.8 Å². The van der Waals surface area contributed by atoms with Gasteiger partial charge >= 0.3 is 11.9 Å². The van der Waals surface area contributed by atoms with Crippen molar-refractivity contribution in [3.05, 3.63) is 24.3 Å². The summed E-state index contributed by atoms with van der Waals surface area (Å²) in [6, 6.07) is -7.14. The molecule has 6 fully saturated rings. The number of aliphatic hydroxyl groups is 20. The number of unbranched alkanes of at least 4 members (excludes halogenated alkanes) is 28. The second-order valence-corrected chi connectivity index (χ2v) is 36.0. The standard InChI is InChI=1S/C90H158N4O40/c1-5-7-9-11-13-15-17-19-20-21-22-23-24-25-26-28-30-32-34-36-38-40-63(109)93-53(54(104)39-37-35-33-31-29-27-18-16-14-12-10-8-6-2)50-123-84-73(116)72(115)76(61(47-99)126-84)128-86-75(118)82(134-90(88(121)122)41-55(105)65(91-51(3)102)79(131-90)68(111)57(107)43-95)77(62(48-100)127-86)129-83-67(92-52(4)103)78(70(113)59(45-97)124-83)130-85-74(117)81(71(114)60(46-98)125-85)133-89(87(119)120)42-56(106)66(94-64(110)49-101)80(132-89)69(112)58(108)44-96/h19-20,37,39,53-62,65-86,95-101,104-108,111-118H,5-18,21-36,38,40-50H2,1-4H3,(H,91,102)(H,92,103)(H,93,109)(H,94,110)(H,119,120)(H,121,122)/b20-19-,39-37+/t53-,54+,55?,56?,57+,58+,59?,60?,61?,62?,65+,66+,67?,68+,69+,70-,71-,72+,73?,74?,75?,76+,77-,78+,79?,80?,81-,82+,83-,84+,85-,86-,89-,90-/m0/s1. The number of ether oxygens (including phenoxy) is 12. The molecule has 6 rings (SSSR count). The summed E-state index contributed by atoms with van der Waals surface area (Å²) in [6.45, 7) is -3.15. The first-order chi connectivity index (χ1) is 64.1. The summed E-state index contributed by atoms with van der Waals surface area (Å²) in [5.41, 5.74) is 0. The van der Waals surface area contributed by atoms with E-state index in [1.165, 1.54) is 109 Å². The van der Waals surface area contributed by atoms with E-state index in [-0.39, 0.29) is 6.42 Å². The highest BCUT2D eigenvalue weighted by Crippen LogP contribution is 2.43. The number of hydrogen-bond donors (Lipinski definition) is 26. The van der Waals surface area contributed by atoms with E-state index < -0.39 is 309 Å². The van der Waals surface area contributed by atoms with Crippen LogP contribution in [0, 0.1) is 0 Å². The van der Waals surface area contributed by atoms with Gasteiger partial charge in [0.1, 0.15) is 141 Å². The van der Waals surface area contributed by atoms with Crippen molar-refractivity contribution in [3.8, 4) is 0 Å². The third kappa shape index (κ3) is 35.6. The number of carboxylic acid groups (broad SMARTS) is 2. The molecule has 6 saturated heterocycles. The molecule has 0 aromatic rings. The van der Waals surface area contributed by atoms with Crippen molar-refractivity contribution in [3.63, 3.8) is 0 Å². The molecule has 0 aliphatic carbocycles. The van der Waals surface area contributed by atoms with Crippen molar-refractivity contribution >= 4 is 35.6 Å². The van der Waals surface area contributed by atoms with Crippen LogP contribution in [0.5, 0.6) is 0 Å². The van der Waals surface area contributed by atoms with Gasteiger partial charge in [-0.05, 0) is 44.9 Å². The van der Waals surface area contributed by atoms with Crippen molar-refractivity contribution in [1.29, 1.82) is 0 Å². The average molecular weight is 1940 g/mol. The third-order valence-corrected chi connectivity index (χ3v) is 25.3. The van der Waals surface area contributed by atoms with Crippen molar-refractivity contribution in [1.82, 2.24) is 21.3 Å². The molecule has 44 heteroatoms. The maximum absolute atomic E-state index is 14.1. The van der Waals surface area contributed by atoms with Gasteiger partial charge < -0.3 is 190 Å². The second-order valence-electron chi connectivity index (χ2n) is 36.0. The maximum atomic E-state index is 14.1. The normalized spacial score (nSPS) is 34.0. The maximum Gasteiger partial charge on any atom is 0.364 e. The van der Waals surface area contributed by atoms with Crippen LogP contribution in [0.25, 0.3) is 0 Å². The lowest BCUT2D eigenvalue weighted by Crippen LogP contribution is -2.72. The first kappa shape index (κ1) is 118. The SMILES string of the molecule is CCCCCCCC/C=C\CCCCCCCCCCCCCC(=O)N[C@@H](CO[C@@H]1OC(CO)[C@@H](O[C@@H]2OC(CO)[C@H](O[C@@H]3OC(CO)[C@H](O)[C@H](O[C@@H]4OC(CO)[C@H](O)[C@H](O[C@]5(C(=O)O)CC(O)[C@@H](NC(=O)CO)C([C@H](O)[C@H](O)CO)O5)C4O)C3NC(C)=O)[C@H](O[C@]3(C(=O)O)CC(O)[C@@H](NC(C)=O)C([C@H](O)[C@H](O)CO)O3)C2O)[C@H](O)C1O)[C@H](O)/C=C/CCCCCCCCCCCCC. The van der Waals surface area contributed by atoms with Gasteiger partial charge in [0.2, 0.25) is 23.6 Å². The molecule has 0 radical (unpaired) electrons. The fourth-order valence-electron chi connectivity index (χ4n) is 17.7. The number of nitrogens with one attached hydrogen (secondary N) is 4. The van der Waals surface area contributed by atoms with Crippen LogP contribution in [-0.4, -0.2) is 408 Å². The number of carbonyl (C=O) groups is 6. The summed E-state index contributed by atoms with van der Waals surface area (Å²) in [7, 11) is 0. The van der Waals surface area contributed by atoms with E-state index in [2.05, 4.69) is 47.3 Å². The predicted molar refractivity (Wildman–Crippen MR) is 469 cm³/mol. The van der Waals surface area contributed by atoms with Crippen LogP contribution in [0.3, 0.4) is 0 Å². The van der Waals surface area contributed by atoms with Gasteiger partial charge in [0.05, 0.1) is 82.7 Å². The van der Waals surface area contributed by atoms with E-state index in [0.717, 1.165) is 97.3 Å². The van der Waals surface area contributed by atoms with Crippen LogP contribution in [0.4, 0.5) is 0 Å². The van der Waals surface area contributed by atoms with E-state index in [9.17, 15) is 141 Å². The Morgan fingerprint density at radius 1 is 0.396 bits per heavy atom. The molecule has 0 bridgehead atoms. The number of hydrogen-bond acceptors (Lipinski definition) is 38. The first-order valence-corrected chi connectivity index (χ1v) is 48.0. The van der Waals surface area contributed by atoms with E-state index in [1.807, 2.05) is 0 Å². The van der Waals surface area contributed by atoms with E-state index in [0.29, 0.717) is 12.8 Å². The molecule has 44 nitrogen and oxygen atoms in total. The molecule has 34 atom stereocenters. The smallest absolute Gasteiger partial charge is 0.364 e. The summed E-state index contributed by atoms with van der Waals surface area (Å²) in [5, 5.41) is 257. The van der Waals surface area contributed by atoms with Crippen LogP contribution >= 0.6 is 0 Å². The molecular weight excluding hydrogens is 1780 g/mol. The predicted octanol–water partition coefficient (Wildman–Crippen LogP) is -2.78. The number of rotatable bonds is 65. The lowest BCUT2D eigenvalue weighted by atomic mass is 9.88. The van der Waals surface area contributed by atoms with Gasteiger partial charge in [-0.15, -0.1) is 0 Å². The quantitative estimate of drug-likeness (QED) is 0.0216. The van der Waals surface area contributed by atoms with Crippen molar-refractivity contribution in [2.24, 2.45) is 0 Å². The summed E-state index contributed by atoms with van der Waals surface area (Å²) < 4.78 is 72.4. The highest BCUT2D eigenvalue weighted by molar-refractivity contribution is 5.79. The van der Waals surface area contributed by atoms with Gasteiger partial charge in [0.25, 0.3) is 11.6 Å². The lowest BCUT2D eigenvalue weighted by molar-refractivity contribution is -0.405. The molecule has 0 saturated carbocycles. The van der Waals surface area contributed by atoms with Gasteiger partial charge in [-0.3, -0.25) is 19.2 Å². The van der Waals surface area contributed by atoms with Gasteiger partial charge in [0, 0.05) is 33.1 Å². The molecule has 0 spiro atoms. The zero-order valence-electron chi connectivity index (χ0n) is 77.7. The molecule has 0 aromatic heterocycles. The van der Waals surface area contributed by atoms with Crippen LogP contribution < -0.4 is 21.3 Å². The van der Waals surface area contributed by atoms with Gasteiger partial charge in [0.15, 0.2) is 25.2 Å². The summed E-state index contributed by atoms with van der Waals surface area (Å²) in [4.78, 5) is 79.9. The lowest BCUT2D eigenvalue weighted by Gasteiger charge is -2.53. The number of carbonyl (C=O) groups excluding carboxylic acids is 4. The zero-order chi connectivity index (χ0) is 98.8. The molecule has 6 aliphatic rings. The highest BCUT2D eigenvalue weighted by Gasteiger charge is 2.64. The number of carboxylic acids is 2. The number of amides is 4. The zero-order valence-corrected chi connectivity index (χ0v) is 77.7. The summed E-state index contributed by atoms with van der Waals surface area (Å²) in [6.07, 6.45) is -23.8. The van der Waals surface area contributed by atoms with Gasteiger partial charge in [-0.25, -0.2) is 9.59 Å². The minimum atomic E-state index is -3.51. The molecular formula is C90H158N4O40. The van der Waals surface area contributed by atoms with Crippen LogP contribution in [0.1, 0.15) is 246 Å². The second kappa shape index (κ2) is 61.7. The Morgan fingerprint density at radius 3 is 1.21 bits per heavy atom. The van der Waals surface area contributed by atoms with Crippen molar-refractivity contribution < 1.29 is 198 Å². The fourth-order valence-corrected chi connectivity index (χ4v) is 17.7.